The fraction of sp³-hybridized carbons (Fsp3) is 0.500. The average Bonchev–Trinajstić information content (AvgIpc) is 2.55. The number of piperidine rings is 1. The molecule has 2 heterocycles. The van der Waals surface area contributed by atoms with E-state index in [1.807, 2.05) is 4.90 Å². The monoisotopic (exact) mass is 306 g/mol. The molecule has 0 unspecified atom stereocenters. The summed E-state index contributed by atoms with van der Waals surface area (Å²) < 4.78 is 0. The molecule has 0 saturated carbocycles. The highest BCUT2D eigenvalue weighted by atomic mass is 16.4. The van der Waals surface area contributed by atoms with Gasteiger partial charge in [0.1, 0.15) is 5.69 Å². The first-order chi connectivity index (χ1) is 10.6. The molecular weight excluding hydrogens is 288 g/mol. The van der Waals surface area contributed by atoms with Gasteiger partial charge in [0.2, 0.25) is 5.91 Å². The highest BCUT2D eigenvalue weighted by Gasteiger charge is 2.16. The number of carboxylic acids is 1. The van der Waals surface area contributed by atoms with Crippen molar-refractivity contribution < 1.29 is 19.5 Å². The SMILES string of the molecule is O=C(O)c1cnc(C(=O)NCCC(=O)N2CCCCC2)cn1. The van der Waals surface area contributed by atoms with E-state index in [-0.39, 0.29) is 30.3 Å². The molecule has 2 N–H and O–H groups in total. The van der Waals surface area contributed by atoms with E-state index in [4.69, 9.17) is 5.11 Å². The second-order valence-corrected chi connectivity index (χ2v) is 5.04. The van der Waals surface area contributed by atoms with E-state index in [1.165, 1.54) is 0 Å². The number of hydrogen-bond acceptors (Lipinski definition) is 5. The van der Waals surface area contributed by atoms with Gasteiger partial charge < -0.3 is 15.3 Å². The van der Waals surface area contributed by atoms with Gasteiger partial charge in [-0.2, -0.15) is 0 Å². The van der Waals surface area contributed by atoms with Crippen LogP contribution in [-0.2, 0) is 4.79 Å². The van der Waals surface area contributed by atoms with Gasteiger partial charge in [0.05, 0.1) is 12.4 Å². The van der Waals surface area contributed by atoms with Crippen molar-refractivity contribution in [3.05, 3.63) is 23.8 Å². The second kappa shape index (κ2) is 7.48. The molecule has 1 aromatic rings. The van der Waals surface area contributed by atoms with Gasteiger partial charge in [-0.05, 0) is 19.3 Å². The Morgan fingerprint density at radius 3 is 2.32 bits per heavy atom. The number of likely N-dealkylation sites (tertiary alicyclic amines) is 1. The number of nitrogens with zero attached hydrogens (tertiary/aromatic N) is 3. The van der Waals surface area contributed by atoms with E-state index in [2.05, 4.69) is 15.3 Å². The Hall–Kier alpha value is -2.51. The summed E-state index contributed by atoms with van der Waals surface area (Å²) in [5, 5.41) is 11.3. The maximum atomic E-state index is 11.9. The van der Waals surface area contributed by atoms with Crippen LogP contribution in [-0.4, -0.2) is 57.4 Å². The summed E-state index contributed by atoms with van der Waals surface area (Å²) >= 11 is 0. The molecule has 0 radical (unpaired) electrons. The first kappa shape index (κ1) is 15.9. The molecule has 8 nitrogen and oxygen atoms in total. The lowest BCUT2D eigenvalue weighted by molar-refractivity contribution is -0.131. The fourth-order valence-corrected chi connectivity index (χ4v) is 2.23. The van der Waals surface area contributed by atoms with Crippen molar-refractivity contribution in [2.75, 3.05) is 19.6 Å². The number of carboxylic acid groups (broad SMARTS) is 1. The summed E-state index contributed by atoms with van der Waals surface area (Å²) in [6.07, 6.45) is 5.59. The van der Waals surface area contributed by atoms with Gasteiger partial charge in [0, 0.05) is 26.1 Å². The normalized spacial score (nSPS) is 14.5. The molecule has 1 aliphatic heterocycles. The Balaban J connectivity index is 1.77. The highest BCUT2D eigenvalue weighted by Crippen LogP contribution is 2.09. The standard InChI is InChI=1S/C14H18N4O4/c19-12(18-6-2-1-3-7-18)4-5-15-13(20)10-8-17-11(9-16-10)14(21)22/h8-9H,1-7H2,(H,15,20)(H,21,22). The molecular formula is C14H18N4O4. The van der Waals surface area contributed by atoms with Crippen LogP contribution in [0.2, 0.25) is 0 Å². The van der Waals surface area contributed by atoms with Crippen molar-refractivity contribution in [3.63, 3.8) is 0 Å². The number of nitrogens with one attached hydrogen (secondary N) is 1. The van der Waals surface area contributed by atoms with Crippen LogP contribution in [0.1, 0.15) is 46.7 Å². The Morgan fingerprint density at radius 2 is 1.73 bits per heavy atom. The molecule has 118 valence electrons. The quantitative estimate of drug-likeness (QED) is 0.809. The van der Waals surface area contributed by atoms with Crippen LogP contribution in [0.4, 0.5) is 0 Å². The summed E-state index contributed by atoms with van der Waals surface area (Å²) in [5.74, 6) is -1.64. The number of carbonyl (C=O) groups excluding carboxylic acids is 2. The maximum Gasteiger partial charge on any atom is 0.356 e. The van der Waals surface area contributed by atoms with Crippen molar-refractivity contribution in [1.29, 1.82) is 0 Å². The Labute approximate surface area is 127 Å². The molecule has 0 aliphatic carbocycles. The van der Waals surface area contributed by atoms with Gasteiger partial charge in [-0.3, -0.25) is 9.59 Å². The van der Waals surface area contributed by atoms with E-state index in [1.54, 1.807) is 0 Å². The van der Waals surface area contributed by atoms with E-state index in [9.17, 15) is 14.4 Å². The molecule has 0 atom stereocenters. The first-order valence-electron chi connectivity index (χ1n) is 7.19. The van der Waals surface area contributed by atoms with E-state index >= 15 is 0 Å². The van der Waals surface area contributed by atoms with Crippen LogP contribution < -0.4 is 5.32 Å². The zero-order valence-corrected chi connectivity index (χ0v) is 12.1. The van der Waals surface area contributed by atoms with Gasteiger partial charge in [0.15, 0.2) is 5.69 Å². The number of hydrogen-bond donors (Lipinski definition) is 2. The predicted molar refractivity (Wildman–Crippen MR) is 76.4 cm³/mol. The molecule has 8 heteroatoms. The van der Waals surface area contributed by atoms with Crippen LogP contribution >= 0.6 is 0 Å². The zero-order valence-electron chi connectivity index (χ0n) is 12.1. The van der Waals surface area contributed by atoms with E-state index in [0.717, 1.165) is 44.7 Å². The lowest BCUT2D eigenvalue weighted by Crippen LogP contribution is -2.37. The maximum absolute atomic E-state index is 11.9. The molecule has 2 amide bonds. The number of carbonyl (C=O) groups is 3. The van der Waals surface area contributed by atoms with E-state index < -0.39 is 11.9 Å². The summed E-state index contributed by atoms with van der Waals surface area (Å²) in [4.78, 5) is 43.5. The summed E-state index contributed by atoms with van der Waals surface area (Å²) in [6, 6.07) is 0. The van der Waals surface area contributed by atoms with E-state index in [0.29, 0.717) is 0 Å². The fourth-order valence-electron chi connectivity index (χ4n) is 2.23. The molecule has 0 bridgehead atoms. The predicted octanol–water partition coefficient (Wildman–Crippen LogP) is 0.307. The van der Waals surface area contributed by atoms with Gasteiger partial charge in [-0.1, -0.05) is 0 Å². The lowest BCUT2D eigenvalue weighted by Gasteiger charge is -2.26. The Kier molecular flexibility index (Phi) is 5.40. The van der Waals surface area contributed by atoms with Crippen LogP contribution in [0.3, 0.4) is 0 Å². The minimum Gasteiger partial charge on any atom is -0.476 e. The largest absolute Gasteiger partial charge is 0.476 e. The summed E-state index contributed by atoms with van der Waals surface area (Å²) in [5.41, 5.74) is -0.202. The second-order valence-electron chi connectivity index (χ2n) is 5.04. The van der Waals surface area contributed by atoms with Crippen LogP contribution in [0.25, 0.3) is 0 Å². The molecule has 0 spiro atoms. The molecule has 1 fully saturated rings. The number of aromatic nitrogens is 2. The van der Waals surface area contributed by atoms with Crippen molar-refractivity contribution in [2.24, 2.45) is 0 Å². The zero-order chi connectivity index (χ0) is 15.9. The van der Waals surface area contributed by atoms with Crippen molar-refractivity contribution in [2.45, 2.75) is 25.7 Å². The van der Waals surface area contributed by atoms with Gasteiger partial charge in [-0.15, -0.1) is 0 Å². The van der Waals surface area contributed by atoms with Crippen molar-refractivity contribution in [3.8, 4) is 0 Å². The van der Waals surface area contributed by atoms with Gasteiger partial charge >= 0.3 is 5.97 Å². The lowest BCUT2D eigenvalue weighted by atomic mass is 10.1. The number of amides is 2. The van der Waals surface area contributed by atoms with Gasteiger partial charge in [-0.25, -0.2) is 14.8 Å². The van der Waals surface area contributed by atoms with Crippen molar-refractivity contribution >= 4 is 17.8 Å². The molecule has 1 aromatic heterocycles. The minimum atomic E-state index is -1.20. The molecule has 1 aliphatic rings. The van der Waals surface area contributed by atoms with Crippen LogP contribution in [0.5, 0.6) is 0 Å². The average molecular weight is 306 g/mol. The third-order valence-electron chi connectivity index (χ3n) is 3.44. The van der Waals surface area contributed by atoms with Crippen LogP contribution in [0, 0.1) is 0 Å². The Morgan fingerprint density at radius 1 is 1.09 bits per heavy atom. The number of aromatic carboxylic acids is 1. The molecule has 0 aromatic carbocycles. The van der Waals surface area contributed by atoms with Crippen molar-refractivity contribution in [1.82, 2.24) is 20.2 Å². The first-order valence-corrected chi connectivity index (χ1v) is 7.19. The minimum absolute atomic E-state index is 0.0235. The Bertz CT molecular complexity index is 552. The summed E-state index contributed by atoms with van der Waals surface area (Å²) in [6.45, 7) is 1.79. The smallest absolute Gasteiger partial charge is 0.356 e. The third kappa shape index (κ3) is 4.24. The highest BCUT2D eigenvalue weighted by molar-refractivity contribution is 5.93. The summed E-state index contributed by atoms with van der Waals surface area (Å²) in [7, 11) is 0. The third-order valence-corrected chi connectivity index (χ3v) is 3.44. The van der Waals surface area contributed by atoms with Gasteiger partial charge in [0.25, 0.3) is 5.91 Å². The molecule has 22 heavy (non-hydrogen) atoms. The van der Waals surface area contributed by atoms with Crippen LogP contribution in [0.15, 0.2) is 12.4 Å². The number of rotatable bonds is 5. The molecule has 1 saturated heterocycles. The topological polar surface area (TPSA) is 112 Å². The molecule has 2 rings (SSSR count).